The average Bonchev–Trinajstić information content (AvgIpc) is 2.44. The fraction of sp³-hybridized carbons (Fsp3) is 0.692. The van der Waals surface area contributed by atoms with Crippen LogP contribution in [0.3, 0.4) is 0 Å². The number of hydrogen-bond donors (Lipinski definition) is 2. The number of aromatic nitrogens is 2. The molecule has 112 valence electrons. The molecular weight excluding hydrogens is 276 g/mol. The number of hydrogen-bond acceptors (Lipinski definition) is 7. The molecule has 1 aliphatic heterocycles. The smallest absolute Gasteiger partial charge is 0.191 e. The van der Waals surface area contributed by atoms with Gasteiger partial charge in [-0.3, -0.25) is 0 Å². The van der Waals surface area contributed by atoms with Gasteiger partial charge >= 0.3 is 0 Å². The Kier molecular flexibility index (Phi) is 4.72. The Hall–Kier alpha value is -1.05. The Morgan fingerprint density at radius 3 is 2.90 bits per heavy atom. The van der Waals surface area contributed by atoms with Crippen molar-refractivity contribution in [3.8, 4) is 0 Å². The summed E-state index contributed by atoms with van der Waals surface area (Å²) in [5, 5.41) is 13.2. The van der Waals surface area contributed by atoms with Crippen molar-refractivity contribution >= 4 is 23.4 Å². The van der Waals surface area contributed by atoms with Crippen LogP contribution in [-0.4, -0.2) is 59.8 Å². The molecule has 20 heavy (non-hydrogen) atoms. The largest absolute Gasteiger partial charge is 0.394 e. The molecule has 1 atom stereocenters. The van der Waals surface area contributed by atoms with E-state index in [0.717, 1.165) is 23.3 Å². The van der Waals surface area contributed by atoms with Crippen LogP contribution in [0.2, 0.25) is 0 Å². The fourth-order valence-electron chi connectivity index (χ4n) is 2.36. The van der Waals surface area contributed by atoms with Gasteiger partial charge in [0, 0.05) is 26.2 Å². The maximum atomic E-state index is 9.39. The van der Waals surface area contributed by atoms with Gasteiger partial charge in [0.25, 0.3) is 0 Å². The van der Waals surface area contributed by atoms with Crippen LogP contribution in [0.25, 0.3) is 0 Å². The molecule has 0 aromatic carbocycles. The zero-order chi connectivity index (χ0) is 14.8. The summed E-state index contributed by atoms with van der Waals surface area (Å²) in [6.07, 6.45) is 1.77. The lowest BCUT2D eigenvalue weighted by molar-refractivity contribution is -0.101. The van der Waals surface area contributed by atoms with Crippen molar-refractivity contribution in [2.75, 3.05) is 43.2 Å². The second kappa shape index (κ2) is 6.15. The Balaban J connectivity index is 2.29. The lowest BCUT2D eigenvalue weighted by atomic mass is 10.1. The van der Waals surface area contributed by atoms with E-state index in [4.69, 9.17) is 4.74 Å². The van der Waals surface area contributed by atoms with Crippen molar-refractivity contribution in [1.29, 1.82) is 0 Å². The standard InChI is InChI=1S/C13H22N4O2S/c1-13(2)8-17(6-9(7-18)19-13)11-5-10(14-3)15-12(16-11)20-4/h5,9,18H,6-8H2,1-4H3,(H,14,15,16). The summed E-state index contributed by atoms with van der Waals surface area (Å²) in [4.78, 5) is 11.1. The van der Waals surface area contributed by atoms with Crippen molar-refractivity contribution in [3.63, 3.8) is 0 Å². The topological polar surface area (TPSA) is 70.5 Å². The van der Waals surface area contributed by atoms with E-state index in [-0.39, 0.29) is 18.3 Å². The van der Waals surface area contributed by atoms with Crippen LogP contribution >= 0.6 is 11.8 Å². The van der Waals surface area contributed by atoms with E-state index in [9.17, 15) is 5.11 Å². The zero-order valence-corrected chi connectivity index (χ0v) is 13.2. The second-order valence-electron chi connectivity index (χ2n) is 5.41. The van der Waals surface area contributed by atoms with Gasteiger partial charge in [-0.2, -0.15) is 0 Å². The molecule has 1 aromatic rings. The van der Waals surface area contributed by atoms with E-state index in [1.54, 1.807) is 0 Å². The lowest BCUT2D eigenvalue weighted by Crippen LogP contribution is -2.54. The molecule has 2 rings (SSSR count). The van der Waals surface area contributed by atoms with Gasteiger partial charge in [-0.25, -0.2) is 9.97 Å². The average molecular weight is 298 g/mol. The van der Waals surface area contributed by atoms with Crippen LogP contribution in [0.15, 0.2) is 11.2 Å². The fourth-order valence-corrected chi connectivity index (χ4v) is 2.73. The highest BCUT2D eigenvalue weighted by atomic mass is 32.2. The Morgan fingerprint density at radius 2 is 2.30 bits per heavy atom. The maximum Gasteiger partial charge on any atom is 0.191 e. The SMILES string of the molecule is CNc1cc(N2CC(CO)OC(C)(C)C2)nc(SC)n1. The van der Waals surface area contributed by atoms with Crippen molar-refractivity contribution < 1.29 is 9.84 Å². The zero-order valence-electron chi connectivity index (χ0n) is 12.4. The number of morpholine rings is 1. The predicted molar refractivity (Wildman–Crippen MR) is 81.6 cm³/mol. The maximum absolute atomic E-state index is 9.39. The van der Waals surface area contributed by atoms with E-state index < -0.39 is 0 Å². The van der Waals surface area contributed by atoms with Gasteiger partial charge in [0.15, 0.2) is 5.16 Å². The number of aliphatic hydroxyl groups excluding tert-OH is 1. The van der Waals surface area contributed by atoms with Gasteiger partial charge in [-0.1, -0.05) is 11.8 Å². The molecule has 0 radical (unpaired) electrons. The first kappa shape index (κ1) is 15.3. The van der Waals surface area contributed by atoms with E-state index in [1.807, 2.05) is 33.2 Å². The molecule has 1 aliphatic rings. The molecule has 0 bridgehead atoms. The second-order valence-corrected chi connectivity index (χ2v) is 6.18. The molecule has 1 fully saturated rings. The number of anilines is 2. The molecule has 1 saturated heterocycles. The highest BCUT2D eigenvalue weighted by Crippen LogP contribution is 2.27. The normalized spacial score (nSPS) is 21.9. The van der Waals surface area contributed by atoms with E-state index in [0.29, 0.717) is 6.54 Å². The number of rotatable bonds is 4. The molecule has 1 aromatic heterocycles. The Labute approximate surface area is 123 Å². The number of nitrogens with zero attached hydrogens (tertiary/aromatic N) is 3. The molecular formula is C13H22N4O2S. The van der Waals surface area contributed by atoms with Crippen LogP contribution < -0.4 is 10.2 Å². The van der Waals surface area contributed by atoms with Gasteiger partial charge in [0.1, 0.15) is 11.6 Å². The first-order chi connectivity index (χ1) is 9.47. The molecule has 2 heterocycles. The Bertz CT molecular complexity index is 447. The summed E-state index contributed by atoms with van der Waals surface area (Å²) in [6, 6.07) is 1.93. The Morgan fingerprint density at radius 1 is 1.55 bits per heavy atom. The molecule has 6 nitrogen and oxygen atoms in total. The van der Waals surface area contributed by atoms with Gasteiger partial charge in [-0.05, 0) is 20.1 Å². The van der Waals surface area contributed by atoms with Crippen LogP contribution in [0.5, 0.6) is 0 Å². The minimum atomic E-state index is -0.310. The molecule has 0 saturated carbocycles. The van der Waals surface area contributed by atoms with Crippen molar-refractivity contribution in [2.45, 2.75) is 30.7 Å². The third-order valence-electron chi connectivity index (χ3n) is 3.14. The quantitative estimate of drug-likeness (QED) is 0.639. The van der Waals surface area contributed by atoms with Crippen LogP contribution in [0.1, 0.15) is 13.8 Å². The van der Waals surface area contributed by atoms with Gasteiger partial charge in [0.2, 0.25) is 0 Å². The summed E-state index contributed by atoms with van der Waals surface area (Å²) in [7, 11) is 1.84. The third kappa shape index (κ3) is 3.53. The summed E-state index contributed by atoms with van der Waals surface area (Å²) >= 11 is 1.51. The molecule has 0 aliphatic carbocycles. The van der Waals surface area contributed by atoms with E-state index >= 15 is 0 Å². The van der Waals surface area contributed by atoms with Gasteiger partial charge in [0.05, 0.1) is 18.3 Å². The molecule has 0 amide bonds. The van der Waals surface area contributed by atoms with Gasteiger partial charge < -0.3 is 20.1 Å². The number of nitrogens with one attached hydrogen (secondary N) is 1. The summed E-state index contributed by atoms with van der Waals surface area (Å²) < 4.78 is 5.83. The highest BCUT2D eigenvalue weighted by Gasteiger charge is 2.34. The summed E-state index contributed by atoms with van der Waals surface area (Å²) in [5.41, 5.74) is -0.310. The van der Waals surface area contributed by atoms with Crippen molar-refractivity contribution in [2.24, 2.45) is 0 Å². The minimum absolute atomic E-state index is 0.0132. The predicted octanol–water partition coefficient (Wildman–Crippen LogP) is 1.22. The van der Waals surface area contributed by atoms with Crippen LogP contribution in [0, 0.1) is 0 Å². The summed E-state index contributed by atoms with van der Waals surface area (Å²) in [5.74, 6) is 1.66. The number of ether oxygens (including phenoxy) is 1. The molecule has 2 N–H and O–H groups in total. The first-order valence-electron chi connectivity index (χ1n) is 6.62. The number of aliphatic hydroxyl groups is 1. The van der Waals surface area contributed by atoms with Crippen molar-refractivity contribution in [1.82, 2.24) is 9.97 Å². The molecule has 7 heteroatoms. The highest BCUT2D eigenvalue weighted by molar-refractivity contribution is 7.98. The minimum Gasteiger partial charge on any atom is -0.394 e. The molecule has 1 unspecified atom stereocenters. The first-order valence-corrected chi connectivity index (χ1v) is 7.84. The van der Waals surface area contributed by atoms with Crippen LogP contribution in [0.4, 0.5) is 11.6 Å². The number of thioether (sulfide) groups is 1. The van der Waals surface area contributed by atoms with E-state index in [1.165, 1.54) is 11.8 Å². The third-order valence-corrected chi connectivity index (χ3v) is 3.69. The monoisotopic (exact) mass is 298 g/mol. The van der Waals surface area contributed by atoms with Crippen molar-refractivity contribution in [3.05, 3.63) is 6.07 Å². The summed E-state index contributed by atoms with van der Waals surface area (Å²) in [6.45, 7) is 5.43. The lowest BCUT2D eigenvalue weighted by Gasteiger charge is -2.42. The van der Waals surface area contributed by atoms with Gasteiger partial charge in [-0.15, -0.1) is 0 Å². The van der Waals surface area contributed by atoms with Crippen LogP contribution in [-0.2, 0) is 4.74 Å². The molecule has 0 spiro atoms. The van der Waals surface area contributed by atoms with E-state index in [2.05, 4.69) is 20.2 Å².